The molecule has 0 spiro atoms. The number of hydrogen-bond acceptors (Lipinski definition) is 1. The molecule has 0 amide bonds. The highest BCUT2D eigenvalue weighted by Gasteiger charge is 2.05. The Morgan fingerprint density at radius 3 is 1.92 bits per heavy atom. The molecule has 0 saturated carbocycles. The zero-order valence-corrected chi connectivity index (χ0v) is 8.75. The molecule has 0 heterocycles. The lowest BCUT2D eigenvalue weighted by molar-refractivity contribution is 0.136. The molecule has 2 atom stereocenters. The minimum atomic E-state index is -0.186. The van der Waals surface area contributed by atoms with Crippen molar-refractivity contribution in [1.82, 2.24) is 0 Å². The van der Waals surface area contributed by atoms with Gasteiger partial charge in [0.05, 0.1) is 6.10 Å². The first-order chi connectivity index (χ1) is 5.54. The first kappa shape index (κ1) is 11.7. The second kappa shape index (κ2) is 6.24. The highest BCUT2D eigenvalue weighted by atomic mass is 16.3. The zero-order valence-electron chi connectivity index (χ0n) is 8.75. The van der Waals surface area contributed by atoms with Crippen LogP contribution in [0.2, 0.25) is 0 Å². The molecule has 0 saturated heterocycles. The molecular formula is C11H22O. The van der Waals surface area contributed by atoms with Crippen molar-refractivity contribution in [3.05, 3.63) is 12.2 Å². The Kier molecular flexibility index (Phi) is 6.09. The molecule has 0 aromatic carbocycles. The fraction of sp³-hybridized carbons (Fsp3) is 0.818. The van der Waals surface area contributed by atoms with E-state index in [-0.39, 0.29) is 6.10 Å². The normalized spacial score (nSPS) is 17.2. The van der Waals surface area contributed by atoms with Crippen molar-refractivity contribution in [3.63, 3.8) is 0 Å². The van der Waals surface area contributed by atoms with Gasteiger partial charge < -0.3 is 5.11 Å². The third kappa shape index (κ3) is 6.41. The Morgan fingerprint density at radius 2 is 1.50 bits per heavy atom. The maximum Gasteiger partial charge on any atom is 0.0540 e. The molecule has 0 radical (unpaired) electrons. The Balaban J connectivity index is 3.46. The van der Waals surface area contributed by atoms with Crippen molar-refractivity contribution >= 4 is 0 Å². The van der Waals surface area contributed by atoms with Crippen LogP contribution in [0, 0.1) is 11.8 Å². The summed E-state index contributed by atoms with van der Waals surface area (Å²) in [6, 6.07) is 0. The minimum absolute atomic E-state index is 0.186. The molecule has 0 fully saturated rings. The number of rotatable bonds is 5. The average Bonchev–Trinajstić information content (AvgIpc) is 1.97. The van der Waals surface area contributed by atoms with Gasteiger partial charge in [-0.3, -0.25) is 0 Å². The predicted molar refractivity (Wildman–Crippen MR) is 54.1 cm³/mol. The van der Waals surface area contributed by atoms with Crippen LogP contribution < -0.4 is 0 Å². The van der Waals surface area contributed by atoms with Crippen molar-refractivity contribution in [3.8, 4) is 0 Å². The van der Waals surface area contributed by atoms with Crippen LogP contribution in [0.5, 0.6) is 0 Å². The summed E-state index contributed by atoms with van der Waals surface area (Å²) in [5.74, 6) is 1.12. The lowest BCUT2D eigenvalue weighted by Gasteiger charge is -2.11. The average molecular weight is 170 g/mol. The van der Waals surface area contributed by atoms with Crippen LogP contribution in [0.4, 0.5) is 0 Å². The zero-order chi connectivity index (χ0) is 9.56. The number of hydrogen-bond donors (Lipinski definition) is 1. The van der Waals surface area contributed by atoms with Gasteiger partial charge >= 0.3 is 0 Å². The quantitative estimate of drug-likeness (QED) is 0.629. The summed E-state index contributed by atoms with van der Waals surface area (Å²) in [7, 11) is 0. The van der Waals surface area contributed by atoms with E-state index in [0.29, 0.717) is 5.92 Å². The number of aliphatic hydroxyl groups excluding tert-OH is 1. The second-order valence-corrected chi connectivity index (χ2v) is 4.05. The van der Waals surface area contributed by atoms with Gasteiger partial charge in [-0.1, -0.05) is 32.9 Å². The summed E-state index contributed by atoms with van der Waals surface area (Å²) in [5.41, 5.74) is 0. The van der Waals surface area contributed by atoms with Gasteiger partial charge in [0.2, 0.25) is 0 Å². The molecule has 1 nitrogen and oxygen atoms in total. The summed E-state index contributed by atoms with van der Waals surface area (Å²) in [4.78, 5) is 0. The van der Waals surface area contributed by atoms with E-state index in [1.54, 1.807) is 0 Å². The number of aliphatic hydroxyl groups is 1. The molecule has 0 aliphatic heterocycles. The second-order valence-electron chi connectivity index (χ2n) is 4.05. The van der Waals surface area contributed by atoms with Gasteiger partial charge in [-0.15, -0.1) is 0 Å². The van der Waals surface area contributed by atoms with E-state index in [2.05, 4.69) is 32.9 Å². The molecule has 1 heteroatoms. The van der Waals surface area contributed by atoms with Gasteiger partial charge in [-0.25, -0.2) is 0 Å². The van der Waals surface area contributed by atoms with E-state index in [4.69, 9.17) is 0 Å². The van der Waals surface area contributed by atoms with Gasteiger partial charge in [0.15, 0.2) is 0 Å². The Labute approximate surface area is 76.5 Å². The van der Waals surface area contributed by atoms with Crippen molar-refractivity contribution < 1.29 is 5.11 Å². The monoisotopic (exact) mass is 170 g/mol. The Morgan fingerprint density at radius 1 is 1.00 bits per heavy atom. The van der Waals surface area contributed by atoms with E-state index in [9.17, 15) is 5.11 Å². The molecule has 0 aliphatic carbocycles. The fourth-order valence-electron chi connectivity index (χ4n) is 0.876. The topological polar surface area (TPSA) is 20.2 Å². The van der Waals surface area contributed by atoms with E-state index in [0.717, 1.165) is 18.8 Å². The van der Waals surface area contributed by atoms with Crippen LogP contribution >= 0.6 is 0 Å². The molecule has 0 aromatic rings. The van der Waals surface area contributed by atoms with Gasteiger partial charge in [0.1, 0.15) is 0 Å². The lowest BCUT2D eigenvalue weighted by Crippen LogP contribution is -2.11. The first-order valence-corrected chi connectivity index (χ1v) is 4.87. The van der Waals surface area contributed by atoms with Gasteiger partial charge in [-0.2, -0.15) is 0 Å². The van der Waals surface area contributed by atoms with Gasteiger partial charge in [-0.05, 0) is 31.6 Å². The van der Waals surface area contributed by atoms with Crippen molar-refractivity contribution in [2.45, 2.75) is 46.6 Å². The van der Waals surface area contributed by atoms with E-state index >= 15 is 0 Å². The van der Waals surface area contributed by atoms with Crippen LogP contribution in [0.25, 0.3) is 0 Å². The Hall–Kier alpha value is -0.300. The molecule has 2 unspecified atom stereocenters. The lowest BCUT2D eigenvalue weighted by atomic mass is 10.0. The summed E-state index contributed by atoms with van der Waals surface area (Å²) < 4.78 is 0. The van der Waals surface area contributed by atoms with E-state index in [1.165, 1.54) is 0 Å². The highest BCUT2D eigenvalue weighted by Crippen LogP contribution is 2.09. The molecule has 1 N–H and O–H groups in total. The van der Waals surface area contributed by atoms with Crippen molar-refractivity contribution in [1.29, 1.82) is 0 Å². The highest BCUT2D eigenvalue weighted by molar-refractivity contribution is 4.84. The third-order valence-electron chi connectivity index (χ3n) is 2.11. The molecule has 12 heavy (non-hydrogen) atoms. The SMILES string of the molecule is CC(C)C/C=C/CC(C)C(C)O. The molecule has 72 valence electrons. The van der Waals surface area contributed by atoms with Crippen LogP contribution in [-0.4, -0.2) is 11.2 Å². The largest absolute Gasteiger partial charge is 0.393 e. The molecule has 0 aromatic heterocycles. The predicted octanol–water partition coefficient (Wildman–Crippen LogP) is 3.00. The first-order valence-electron chi connectivity index (χ1n) is 4.87. The summed E-state index contributed by atoms with van der Waals surface area (Å²) >= 11 is 0. The summed E-state index contributed by atoms with van der Waals surface area (Å²) in [5, 5.41) is 9.20. The summed E-state index contributed by atoms with van der Waals surface area (Å²) in [6.07, 6.45) is 6.34. The molecule has 0 bridgehead atoms. The van der Waals surface area contributed by atoms with E-state index in [1.807, 2.05) is 6.92 Å². The van der Waals surface area contributed by atoms with Crippen molar-refractivity contribution in [2.75, 3.05) is 0 Å². The molecular weight excluding hydrogens is 148 g/mol. The third-order valence-corrected chi connectivity index (χ3v) is 2.11. The van der Waals surface area contributed by atoms with Gasteiger partial charge in [0, 0.05) is 0 Å². The summed E-state index contributed by atoms with van der Waals surface area (Å²) in [6.45, 7) is 8.34. The smallest absolute Gasteiger partial charge is 0.0540 e. The fourth-order valence-corrected chi connectivity index (χ4v) is 0.876. The van der Waals surface area contributed by atoms with Crippen molar-refractivity contribution in [2.24, 2.45) is 11.8 Å². The van der Waals surface area contributed by atoms with Crippen LogP contribution in [-0.2, 0) is 0 Å². The van der Waals surface area contributed by atoms with Gasteiger partial charge in [0.25, 0.3) is 0 Å². The molecule has 0 rings (SSSR count). The Bertz CT molecular complexity index is 125. The minimum Gasteiger partial charge on any atom is -0.393 e. The van der Waals surface area contributed by atoms with Crippen LogP contribution in [0.3, 0.4) is 0 Å². The van der Waals surface area contributed by atoms with Crippen LogP contribution in [0.15, 0.2) is 12.2 Å². The number of allylic oxidation sites excluding steroid dienone is 2. The standard InChI is InChI=1S/C11H22O/c1-9(2)7-5-6-8-10(3)11(4)12/h5-6,9-12H,7-8H2,1-4H3/b6-5+. The maximum absolute atomic E-state index is 9.20. The van der Waals surface area contributed by atoms with E-state index < -0.39 is 0 Å². The molecule has 0 aliphatic rings. The maximum atomic E-state index is 9.20. The van der Waals surface area contributed by atoms with Crippen LogP contribution in [0.1, 0.15) is 40.5 Å².